The van der Waals surface area contributed by atoms with Crippen LogP contribution in [0.3, 0.4) is 0 Å². The molecule has 0 bridgehead atoms. The van der Waals surface area contributed by atoms with Gasteiger partial charge in [0.1, 0.15) is 18.1 Å². The standard InChI is InChI=1S/C10H6F6O4/c11-9(12,13)19-7-1-2-8(20-10(14,15)16)6(3-7)4-18-5-17/h1-3,5H,4H2. The van der Waals surface area contributed by atoms with E-state index < -0.39 is 36.4 Å². The molecule has 0 N–H and O–H groups in total. The molecule has 0 amide bonds. The average Bonchev–Trinajstić information content (AvgIpc) is 2.25. The molecule has 0 atom stereocenters. The molecule has 0 aromatic heterocycles. The van der Waals surface area contributed by atoms with Gasteiger partial charge in [-0.15, -0.1) is 26.3 Å². The molecule has 0 heterocycles. The Labute approximate surface area is 107 Å². The number of halogens is 6. The molecule has 1 aromatic carbocycles. The van der Waals surface area contributed by atoms with Crippen LogP contribution in [0, 0.1) is 0 Å². The van der Waals surface area contributed by atoms with E-state index in [1.807, 2.05) is 0 Å². The van der Waals surface area contributed by atoms with E-state index in [1.165, 1.54) is 0 Å². The van der Waals surface area contributed by atoms with E-state index in [9.17, 15) is 31.1 Å². The van der Waals surface area contributed by atoms with Crippen molar-refractivity contribution >= 4 is 6.47 Å². The smallest absolute Gasteiger partial charge is 0.463 e. The molecule has 0 aliphatic carbocycles. The first kappa shape index (κ1) is 15.9. The third-order valence-electron chi connectivity index (χ3n) is 1.80. The van der Waals surface area contributed by atoms with Crippen molar-refractivity contribution in [2.24, 2.45) is 0 Å². The lowest BCUT2D eigenvalue weighted by molar-refractivity contribution is -0.277. The fourth-order valence-corrected chi connectivity index (χ4v) is 1.21. The van der Waals surface area contributed by atoms with Crippen molar-refractivity contribution in [3.8, 4) is 11.5 Å². The first-order chi connectivity index (χ1) is 9.11. The lowest BCUT2D eigenvalue weighted by atomic mass is 10.2. The van der Waals surface area contributed by atoms with Gasteiger partial charge in [-0.1, -0.05) is 0 Å². The van der Waals surface area contributed by atoms with Gasteiger partial charge in [0.15, 0.2) is 0 Å². The molecule has 4 nitrogen and oxygen atoms in total. The van der Waals surface area contributed by atoms with Crippen LogP contribution in [0.25, 0.3) is 0 Å². The number of alkyl halides is 6. The Balaban J connectivity index is 3.02. The summed E-state index contributed by atoms with van der Waals surface area (Å²) in [5.41, 5.74) is -0.434. The summed E-state index contributed by atoms with van der Waals surface area (Å²) >= 11 is 0. The normalized spacial score (nSPS) is 11.9. The highest BCUT2D eigenvalue weighted by molar-refractivity contribution is 5.42. The quantitative estimate of drug-likeness (QED) is 0.619. The number of benzene rings is 1. The molecule has 10 heteroatoms. The number of hydrogen-bond acceptors (Lipinski definition) is 4. The molecule has 0 saturated carbocycles. The van der Waals surface area contributed by atoms with Crippen molar-refractivity contribution in [2.45, 2.75) is 19.3 Å². The average molecular weight is 304 g/mol. The van der Waals surface area contributed by atoms with Gasteiger partial charge in [0, 0.05) is 5.56 Å². The Hall–Kier alpha value is -2.13. The van der Waals surface area contributed by atoms with Crippen molar-refractivity contribution in [1.29, 1.82) is 0 Å². The lowest BCUT2D eigenvalue weighted by Crippen LogP contribution is -2.19. The SMILES string of the molecule is O=COCc1cc(OC(F)(F)F)ccc1OC(F)(F)F. The van der Waals surface area contributed by atoms with Gasteiger partial charge >= 0.3 is 12.7 Å². The van der Waals surface area contributed by atoms with Crippen LogP contribution in [0.5, 0.6) is 11.5 Å². The molecule has 112 valence electrons. The van der Waals surface area contributed by atoms with Crippen LogP contribution in [-0.4, -0.2) is 19.2 Å². The highest BCUT2D eigenvalue weighted by Gasteiger charge is 2.34. The van der Waals surface area contributed by atoms with Gasteiger partial charge in [-0.05, 0) is 18.2 Å². The van der Waals surface area contributed by atoms with Crippen molar-refractivity contribution < 1.29 is 45.3 Å². The van der Waals surface area contributed by atoms with Gasteiger partial charge in [-0.25, -0.2) is 0 Å². The first-order valence-corrected chi connectivity index (χ1v) is 4.80. The number of carbonyl (C=O) groups is 1. The van der Waals surface area contributed by atoms with Gasteiger partial charge < -0.3 is 14.2 Å². The predicted octanol–water partition coefficient (Wildman–Crippen LogP) is 3.16. The van der Waals surface area contributed by atoms with Crippen molar-refractivity contribution in [3.05, 3.63) is 23.8 Å². The van der Waals surface area contributed by atoms with Crippen LogP contribution in [0.1, 0.15) is 5.56 Å². The Morgan fingerprint density at radius 3 is 2.10 bits per heavy atom. The second-order valence-corrected chi connectivity index (χ2v) is 3.27. The molecule has 0 spiro atoms. The highest BCUT2D eigenvalue weighted by Crippen LogP contribution is 2.32. The second kappa shape index (κ2) is 5.88. The Morgan fingerprint density at radius 1 is 1.00 bits per heavy atom. The fraction of sp³-hybridized carbons (Fsp3) is 0.300. The zero-order chi connectivity index (χ0) is 15.4. The van der Waals surface area contributed by atoms with Crippen LogP contribution < -0.4 is 9.47 Å². The second-order valence-electron chi connectivity index (χ2n) is 3.27. The van der Waals surface area contributed by atoms with E-state index in [1.54, 1.807) is 0 Å². The largest absolute Gasteiger partial charge is 0.573 e. The molecule has 0 aliphatic heterocycles. The molecule has 20 heavy (non-hydrogen) atoms. The number of hydrogen-bond donors (Lipinski definition) is 0. The minimum Gasteiger partial charge on any atom is -0.463 e. The molecular formula is C10H6F6O4. The highest BCUT2D eigenvalue weighted by atomic mass is 19.4. The van der Waals surface area contributed by atoms with Gasteiger partial charge in [-0.2, -0.15) is 0 Å². The van der Waals surface area contributed by atoms with E-state index in [2.05, 4.69) is 14.2 Å². The van der Waals surface area contributed by atoms with Crippen molar-refractivity contribution in [3.63, 3.8) is 0 Å². The molecule has 1 aromatic rings. The van der Waals surface area contributed by atoms with E-state index in [0.717, 1.165) is 0 Å². The number of carbonyl (C=O) groups excluding carboxylic acids is 1. The van der Waals surface area contributed by atoms with Crippen molar-refractivity contribution in [2.75, 3.05) is 0 Å². The third kappa shape index (κ3) is 5.67. The number of rotatable bonds is 5. The van der Waals surface area contributed by atoms with Crippen LogP contribution in [0.15, 0.2) is 18.2 Å². The maximum Gasteiger partial charge on any atom is 0.573 e. The molecule has 0 aliphatic rings. The van der Waals surface area contributed by atoms with Crippen molar-refractivity contribution in [1.82, 2.24) is 0 Å². The Kier molecular flexibility index (Phi) is 4.69. The Morgan fingerprint density at radius 2 is 1.60 bits per heavy atom. The fourth-order valence-electron chi connectivity index (χ4n) is 1.21. The molecule has 1 rings (SSSR count). The molecule has 0 fully saturated rings. The van der Waals surface area contributed by atoms with Gasteiger partial charge in [0.05, 0.1) is 0 Å². The minimum atomic E-state index is -5.04. The summed E-state index contributed by atoms with van der Waals surface area (Å²) in [6.07, 6.45) is -10.0. The maximum atomic E-state index is 12.1. The lowest BCUT2D eigenvalue weighted by Gasteiger charge is -2.15. The van der Waals surface area contributed by atoms with Crippen LogP contribution in [0.2, 0.25) is 0 Å². The summed E-state index contributed by atoms with van der Waals surface area (Å²) in [6.45, 7) is -0.779. The van der Waals surface area contributed by atoms with E-state index in [0.29, 0.717) is 18.2 Å². The summed E-state index contributed by atoms with van der Waals surface area (Å²) < 4.78 is 83.4. The minimum absolute atomic E-state index is 0.0747. The predicted molar refractivity (Wildman–Crippen MR) is 50.7 cm³/mol. The zero-order valence-corrected chi connectivity index (χ0v) is 9.42. The van der Waals surface area contributed by atoms with E-state index >= 15 is 0 Å². The summed E-state index contributed by atoms with van der Waals surface area (Å²) in [7, 11) is 0. The molecule has 0 unspecified atom stereocenters. The maximum absolute atomic E-state index is 12.1. The van der Waals surface area contributed by atoms with Gasteiger partial charge in [0.2, 0.25) is 0 Å². The van der Waals surface area contributed by atoms with Gasteiger partial charge in [-0.3, -0.25) is 4.79 Å². The van der Waals surface area contributed by atoms with Crippen LogP contribution >= 0.6 is 0 Å². The summed E-state index contributed by atoms with van der Waals surface area (Å²) in [5.74, 6) is -1.56. The molecular weight excluding hydrogens is 298 g/mol. The first-order valence-electron chi connectivity index (χ1n) is 4.80. The van der Waals surface area contributed by atoms with Crippen LogP contribution in [-0.2, 0) is 16.1 Å². The van der Waals surface area contributed by atoms with Crippen LogP contribution in [0.4, 0.5) is 26.3 Å². The monoisotopic (exact) mass is 304 g/mol. The summed E-state index contributed by atoms with van der Waals surface area (Å²) in [4.78, 5) is 9.99. The topological polar surface area (TPSA) is 44.8 Å². The third-order valence-corrected chi connectivity index (χ3v) is 1.80. The molecule has 0 radical (unpaired) electrons. The van der Waals surface area contributed by atoms with Gasteiger partial charge in [0.25, 0.3) is 6.47 Å². The Bertz CT molecular complexity index is 468. The van der Waals surface area contributed by atoms with E-state index in [4.69, 9.17) is 0 Å². The number of ether oxygens (including phenoxy) is 3. The zero-order valence-electron chi connectivity index (χ0n) is 9.42. The summed E-state index contributed by atoms with van der Waals surface area (Å²) in [5, 5.41) is 0. The van der Waals surface area contributed by atoms with E-state index in [-0.39, 0.29) is 6.47 Å². The molecule has 0 saturated heterocycles. The summed E-state index contributed by atoms with van der Waals surface area (Å²) in [6, 6.07) is 1.88.